The van der Waals surface area contributed by atoms with Crippen LogP contribution in [0.25, 0.3) is 10.9 Å². The average molecular weight is 392 g/mol. The summed E-state index contributed by atoms with van der Waals surface area (Å²) in [6.45, 7) is 10.3. The number of rotatable bonds is 4. The summed E-state index contributed by atoms with van der Waals surface area (Å²) < 4.78 is 5.43. The molecular weight excluding hydrogens is 366 g/mol. The fourth-order valence-electron chi connectivity index (χ4n) is 3.00. The van der Waals surface area contributed by atoms with Crippen molar-refractivity contribution < 1.29 is 9.53 Å². The smallest absolute Gasteiger partial charge is 0.410 e. The molecule has 1 aliphatic heterocycles. The molecule has 0 radical (unpaired) electrons. The Morgan fingerprint density at radius 2 is 1.89 bits per heavy atom. The molecule has 1 amide bonds. The van der Waals surface area contributed by atoms with E-state index in [-0.39, 0.29) is 11.4 Å². The maximum Gasteiger partial charge on any atom is 0.410 e. The van der Waals surface area contributed by atoms with E-state index in [4.69, 9.17) is 16.3 Å². The highest BCUT2D eigenvalue weighted by Gasteiger charge is 2.25. The molecule has 2 aromatic rings. The number of benzene rings is 1. The summed E-state index contributed by atoms with van der Waals surface area (Å²) in [7, 11) is 0. The van der Waals surface area contributed by atoms with Crippen LogP contribution in [0.5, 0.6) is 0 Å². The Morgan fingerprint density at radius 1 is 1.19 bits per heavy atom. The van der Waals surface area contributed by atoms with Gasteiger partial charge in [0.15, 0.2) is 0 Å². The van der Waals surface area contributed by atoms with Crippen LogP contribution in [0, 0.1) is 0 Å². The number of para-hydroxylation sites is 1. The number of fused-ring (bicyclic) bond motifs is 1. The fourth-order valence-corrected chi connectivity index (χ4v) is 3.17. The molecule has 0 unspecified atom stereocenters. The molecule has 0 atom stereocenters. The largest absolute Gasteiger partial charge is 0.444 e. The van der Waals surface area contributed by atoms with Crippen LogP contribution in [0.4, 0.5) is 10.6 Å². The van der Waals surface area contributed by atoms with E-state index in [9.17, 15) is 4.79 Å². The Labute approximate surface area is 164 Å². The number of amides is 1. The summed E-state index contributed by atoms with van der Waals surface area (Å²) in [4.78, 5) is 24.8. The van der Waals surface area contributed by atoms with Crippen molar-refractivity contribution in [1.82, 2.24) is 19.8 Å². The number of piperazine rings is 1. The lowest BCUT2D eigenvalue weighted by molar-refractivity contribution is 0.0148. The molecule has 0 bridgehead atoms. The Kier molecular flexibility index (Phi) is 6.01. The molecule has 2 heterocycles. The van der Waals surface area contributed by atoms with Gasteiger partial charge in [0.2, 0.25) is 5.28 Å². The predicted octanol–water partition coefficient (Wildman–Crippen LogP) is 3.25. The van der Waals surface area contributed by atoms with Crippen molar-refractivity contribution in [2.75, 3.05) is 44.6 Å². The summed E-state index contributed by atoms with van der Waals surface area (Å²) in [6.07, 6.45) is -0.234. The molecule has 0 spiro atoms. The van der Waals surface area contributed by atoms with Crippen LogP contribution < -0.4 is 5.32 Å². The number of carbonyl (C=O) groups is 1. The molecule has 1 saturated heterocycles. The molecular formula is C19H26ClN5O2. The quantitative estimate of drug-likeness (QED) is 0.807. The molecule has 27 heavy (non-hydrogen) atoms. The van der Waals surface area contributed by atoms with E-state index >= 15 is 0 Å². The number of aromatic nitrogens is 2. The van der Waals surface area contributed by atoms with Crippen LogP contribution in [0.3, 0.4) is 0 Å². The minimum atomic E-state index is -0.459. The number of nitrogens with one attached hydrogen (secondary N) is 1. The van der Waals surface area contributed by atoms with Gasteiger partial charge in [0, 0.05) is 44.7 Å². The molecule has 1 aromatic carbocycles. The Bertz CT molecular complexity index is 800. The molecule has 3 rings (SSSR count). The first-order valence-electron chi connectivity index (χ1n) is 9.18. The van der Waals surface area contributed by atoms with Gasteiger partial charge < -0.3 is 15.0 Å². The van der Waals surface area contributed by atoms with E-state index in [1.807, 2.05) is 45.0 Å². The molecule has 1 aliphatic rings. The van der Waals surface area contributed by atoms with Gasteiger partial charge in [-0.05, 0) is 44.5 Å². The predicted molar refractivity (Wildman–Crippen MR) is 107 cm³/mol. The topological polar surface area (TPSA) is 70.6 Å². The van der Waals surface area contributed by atoms with Crippen LogP contribution in [0.1, 0.15) is 20.8 Å². The molecule has 0 saturated carbocycles. The van der Waals surface area contributed by atoms with Crippen LogP contribution >= 0.6 is 11.6 Å². The number of anilines is 1. The SMILES string of the molecule is CC(C)(C)OC(=O)N1CCN(CCNc2nc(Cl)nc3ccccc23)CC1. The van der Waals surface area contributed by atoms with Crippen molar-refractivity contribution in [3.05, 3.63) is 29.5 Å². The van der Waals surface area contributed by atoms with E-state index in [1.165, 1.54) is 0 Å². The van der Waals surface area contributed by atoms with Crippen molar-refractivity contribution in [2.24, 2.45) is 0 Å². The average Bonchev–Trinajstić information content (AvgIpc) is 2.60. The van der Waals surface area contributed by atoms with Gasteiger partial charge in [0.25, 0.3) is 0 Å². The number of nitrogens with zero attached hydrogens (tertiary/aromatic N) is 4. The first-order valence-corrected chi connectivity index (χ1v) is 9.56. The number of hydrogen-bond acceptors (Lipinski definition) is 6. The highest BCUT2D eigenvalue weighted by atomic mass is 35.5. The van der Waals surface area contributed by atoms with Gasteiger partial charge in [0.05, 0.1) is 5.52 Å². The zero-order valence-electron chi connectivity index (χ0n) is 16.0. The zero-order chi connectivity index (χ0) is 19.4. The standard InChI is InChI=1S/C19H26ClN5O2/c1-19(2,3)27-18(26)25-12-10-24(11-13-25)9-8-21-16-14-6-4-5-7-15(14)22-17(20)23-16/h4-7H,8-13H2,1-3H3,(H,21,22,23). The minimum Gasteiger partial charge on any atom is -0.444 e. The van der Waals surface area contributed by atoms with E-state index in [0.29, 0.717) is 13.1 Å². The third-order valence-corrected chi connectivity index (χ3v) is 4.49. The molecule has 1 aromatic heterocycles. The van der Waals surface area contributed by atoms with Crippen LogP contribution in [-0.2, 0) is 4.74 Å². The van der Waals surface area contributed by atoms with E-state index < -0.39 is 5.60 Å². The number of hydrogen-bond donors (Lipinski definition) is 1. The minimum absolute atomic E-state index is 0.234. The molecule has 8 heteroatoms. The summed E-state index contributed by atoms with van der Waals surface area (Å²) >= 11 is 6.02. The molecule has 1 fully saturated rings. The lowest BCUT2D eigenvalue weighted by Crippen LogP contribution is -2.50. The van der Waals surface area contributed by atoms with Gasteiger partial charge in [-0.15, -0.1) is 0 Å². The highest BCUT2D eigenvalue weighted by molar-refractivity contribution is 6.28. The Morgan fingerprint density at radius 3 is 2.59 bits per heavy atom. The molecule has 146 valence electrons. The lowest BCUT2D eigenvalue weighted by Gasteiger charge is -2.35. The zero-order valence-corrected chi connectivity index (χ0v) is 16.8. The van der Waals surface area contributed by atoms with E-state index in [0.717, 1.165) is 42.9 Å². The molecule has 7 nitrogen and oxygen atoms in total. The lowest BCUT2D eigenvalue weighted by atomic mass is 10.2. The summed E-state index contributed by atoms with van der Waals surface area (Å²) in [5.41, 5.74) is 0.366. The normalized spacial score (nSPS) is 15.8. The summed E-state index contributed by atoms with van der Waals surface area (Å²) in [6, 6.07) is 7.79. The first-order chi connectivity index (χ1) is 12.8. The second-order valence-corrected chi connectivity index (χ2v) is 7.93. The van der Waals surface area contributed by atoms with E-state index in [2.05, 4.69) is 20.2 Å². The van der Waals surface area contributed by atoms with Crippen LogP contribution in [0.15, 0.2) is 24.3 Å². The van der Waals surface area contributed by atoms with Crippen molar-refractivity contribution in [1.29, 1.82) is 0 Å². The highest BCUT2D eigenvalue weighted by Crippen LogP contribution is 2.21. The van der Waals surface area contributed by atoms with Gasteiger partial charge in [-0.1, -0.05) is 12.1 Å². The van der Waals surface area contributed by atoms with Crippen molar-refractivity contribution in [2.45, 2.75) is 26.4 Å². The first kappa shape index (κ1) is 19.6. The third-order valence-electron chi connectivity index (χ3n) is 4.32. The summed E-state index contributed by atoms with van der Waals surface area (Å²) in [5, 5.41) is 4.55. The van der Waals surface area contributed by atoms with Gasteiger partial charge in [-0.25, -0.2) is 14.8 Å². The molecule has 0 aliphatic carbocycles. The van der Waals surface area contributed by atoms with E-state index in [1.54, 1.807) is 4.90 Å². The van der Waals surface area contributed by atoms with Crippen LogP contribution in [-0.4, -0.2) is 70.7 Å². The second kappa shape index (κ2) is 8.27. The van der Waals surface area contributed by atoms with Crippen LogP contribution in [0.2, 0.25) is 5.28 Å². The van der Waals surface area contributed by atoms with Gasteiger partial charge in [0.1, 0.15) is 11.4 Å². The van der Waals surface area contributed by atoms with Gasteiger partial charge in [-0.2, -0.15) is 0 Å². The van der Waals surface area contributed by atoms with Crippen molar-refractivity contribution >= 4 is 34.4 Å². The maximum absolute atomic E-state index is 12.1. The second-order valence-electron chi connectivity index (χ2n) is 7.59. The van der Waals surface area contributed by atoms with Crippen molar-refractivity contribution in [3.63, 3.8) is 0 Å². The number of ether oxygens (including phenoxy) is 1. The fraction of sp³-hybridized carbons (Fsp3) is 0.526. The van der Waals surface area contributed by atoms with Gasteiger partial charge in [-0.3, -0.25) is 4.90 Å². The van der Waals surface area contributed by atoms with Gasteiger partial charge >= 0.3 is 6.09 Å². The summed E-state index contributed by atoms with van der Waals surface area (Å²) in [5.74, 6) is 0.748. The Balaban J connectivity index is 1.48. The molecule has 1 N–H and O–H groups in total. The maximum atomic E-state index is 12.1. The van der Waals surface area contributed by atoms with Crippen molar-refractivity contribution in [3.8, 4) is 0 Å². The third kappa shape index (κ3) is 5.43. The monoisotopic (exact) mass is 391 g/mol. The Hall–Kier alpha value is -2.12. The number of carbonyl (C=O) groups excluding carboxylic acids is 1. The number of halogens is 1.